The predicted molar refractivity (Wildman–Crippen MR) is 80.0 cm³/mol. The van der Waals surface area contributed by atoms with Crippen LogP contribution in [0.1, 0.15) is 15.9 Å². The Balaban J connectivity index is 2.41. The molecule has 0 aliphatic heterocycles. The Hall–Kier alpha value is -2.48. The average Bonchev–Trinajstić information content (AvgIpc) is 2.42. The van der Waals surface area contributed by atoms with Crippen molar-refractivity contribution in [3.63, 3.8) is 0 Å². The highest BCUT2D eigenvalue weighted by molar-refractivity contribution is 9.10. The Labute approximate surface area is 127 Å². The summed E-state index contributed by atoms with van der Waals surface area (Å²) in [5, 5.41) is 22.8. The minimum absolute atomic E-state index is 0.0448. The van der Waals surface area contributed by atoms with Gasteiger partial charge in [-0.05, 0) is 40.5 Å². The first-order valence-corrected chi connectivity index (χ1v) is 6.58. The second kappa shape index (κ2) is 5.88. The third-order valence-electron chi connectivity index (χ3n) is 2.76. The lowest BCUT2D eigenvalue weighted by Crippen LogP contribution is -2.03. The quantitative estimate of drug-likeness (QED) is 0.644. The van der Waals surface area contributed by atoms with Crippen LogP contribution < -0.4 is 5.32 Å². The van der Waals surface area contributed by atoms with E-state index in [4.69, 9.17) is 5.11 Å². The molecule has 0 spiro atoms. The summed E-state index contributed by atoms with van der Waals surface area (Å²) in [4.78, 5) is 25.5. The Morgan fingerprint density at radius 1 is 1.43 bits per heavy atom. The van der Waals surface area contributed by atoms with Gasteiger partial charge in [0.05, 0.1) is 10.5 Å². The number of nitrogens with zero attached hydrogens (tertiary/aromatic N) is 2. The second-order valence-corrected chi connectivity index (χ2v) is 5.15. The largest absolute Gasteiger partial charge is 0.478 e. The number of hydrogen-bond acceptors (Lipinski definition) is 5. The fraction of sp³-hybridized carbons (Fsp3) is 0.0769. The Morgan fingerprint density at radius 2 is 2.14 bits per heavy atom. The van der Waals surface area contributed by atoms with Crippen LogP contribution in [0.15, 0.2) is 34.9 Å². The second-order valence-electron chi connectivity index (χ2n) is 4.24. The highest BCUT2D eigenvalue weighted by atomic mass is 79.9. The first-order chi connectivity index (χ1) is 9.88. The average molecular weight is 352 g/mol. The van der Waals surface area contributed by atoms with Crippen molar-refractivity contribution in [3.8, 4) is 0 Å². The number of anilines is 2. The number of aromatic nitrogens is 1. The van der Waals surface area contributed by atoms with Gasteiger partial charge in [-0.25, -0.2) is 9.78 Å². The van der Waals surface area contributed by atoms with Gasteiger partial charge in [0.15, 0.2) is 0 Å². The number of benzene rings is 1. The van der Waals surface area contributed by atoms with Crippen LogP contribution in [0, 0.1) is 17.0 Å². The van der Waals surface area contributed by atoms with E-state index in [9.17, 15) is 14.9 Å². The summed E-state index contributed by atoms with van der Waals surface area (Å²) in [5.41, 5.74) is 0.934. The van der Waals surface area contributed by atoms with Crippen LogP contribution in [0.3, 0.4) is 0 Å². The van der Waals surface area contributed by atoms with Crippen molar-refractivity contribution in [1.82, 2.24) is 4.98 Å². The number of carbonyl (C=O) groups is 1. The molecule has 0 bridgehead atoms. The van der Waals surface area contributed by atoms with Crippen LogP contribution in [-0.4, -0.2) is 21.0 Å². The molecule has 0 aliphatic carbocycles. The molecule has 21 heavy (non-hydrogen) atoms. The Kier molecular flexibility index (Phi) is 4.18. The zero-order valence-electron chi connectivity index (χ0n) is 10.8. The topological polar surface area (TPSA) is 105 Å². The summed E-state index contributed by atoms with van der Waals surface area (Å²) in [6.45, 7) is 1.67. The maximum absolute atomic E-state index is 11.1. The Morgan fingerprint density at radius 3 is 2.76 bits per heavy atom. The highest BCUT2D eigenvalue weighted by Gasteiger charge is 2.17. The summed E-state index contributed by atoms with van der Waals surface area (Å²) in [5.74, 6) is -1.02. The van der Waals surface area contributed by atoms with E-state index in [1.54, 1.807) is 19.1 Å². The van der Waals surface area contributed by atoms with E-state index in [0.29, 0.717) is 15.7 Å². The normalized spacial score (nSPS) is 10.2. The van der Waals surface area contributed by atoms with Crippen LogP contribution >= 0.6 is 15.9 Å². The molecule has 0 amide bonds. The fourth-order valence-electron chi connectivity index (χ4n) is 1.73. The number of aromatic carboxylic acids is 1. The van der Waals surface area contributed by atoms with Crippen LogP contribution in [0.2, 0.25) is 0 Å². The summed E-state index contributed by atoms with van der Waals surface area (Å²) in [7, 11) is 0. The van der Waals surface area contributed by atoms with E-state index >= 15 is 0 Å². The van der Waals surface area contributed by atoms with Gasteiger partial charge in [0.25, 0.3) is 0 Å². The smallest absolute Gasteiger partial charge is 0.336 e. The molecule has 7 nitrogen and oxygen atoms in total. The first kappa shape index (κ1) is 14.9. The monoisotopic (exact) mass is 351 g/mol. The fourth-order valence-corrected chi connectivity index (χ4v) is 2.05. The molecule has 108 valence electrons. The minimum atomic E-state index is -1.06. The summed E-state index contributed by atoms with van der Waals surface area (Å²) in [6.07, 6.45) is 1.42. The molecule has 0 saturated heterocycles. The summed E-state index contributed by atoms with van der Waals surface area (Å²) in [6, 6.07) is 5.98. The lowest BCUT2D eigenvalue weighted by molar-refractivity contribution is -0.384. The van der Waals surface area contributed by atoms with E-state index < -0.39 is 10.9 Å². The number of aryl methyl sites for hydroxylation is 1. The van der Waals surface area contributed by atoms with Gasteiger partial charge in [-0.2, -0.15) is 0 Å². The van der Waals surface area contributed by atoms with Gasteiger partial charge < -0.3 is 10.4 Å². The number of nitro groups is 1. The molecule has 0 aliphatic rings. The molecular weight excluding hydrogens is 342 g/mol. The molecule has 1 aromatic carbocycles. The molecule has 1 heterocycles. The number of carboxylic acid groups (broad SMARTS) is 1. The molecule has 0 atom stereocenters. The zero-order valence-corrected chi connectivity index (χ0v) is 12.4. The van der Waals surface area contributed by atoms with Crippen molar-refractivity contribution in [1.29, 1.82) is 0 Å². The number of pyridine rings is 1. The van der Waals surface area contributed by atoms with Gasteiger partial charge in [-0.15, -0.1) is 0 Å². The van der Waals surface area contributed by atoms with Crippen molar-refractivity contribution in [2.75, 3.05) is 5.32 Å². The molecule has 2 rings (SSSR count). The SMILES string of the molecule is Cc1ccc(Nc2ncc(Br)cc2[N+](=O)[O-])cc1C(=O)O. The molecule has 0 fully saturated rings. The number of halogens is 1. The van der Waals surface area contributed by atoms with E-state index in [1.165, 1.54) is 18.3 Å². The number of hydrogen-bond donors (Lipinski definition) is 2. The summed E-state index contributed by atoms with van der Waals surface area (Å²) < 4.78 is 0.481. The molecule has 1 aromatic heterocycles. The molecule has 2 N–H and O–H groups in total. The van der Waals surface area contributed by atoms with E-state index in [2.05, 4.69) is 26.2 Å². The van der Waals surface area contributed by atoms with Gasteiger partial charge in [0.2, 0.25) is 5.82 Å². The van der Waals surface area contributed by atoms with E-state index in [1.807, 2.05) is 0 Å². The Bertz CT molecular complexity index is 733. The first-order valence-electron chi connectivity index (χ1n) is 5.79. The van der Waals surface area contributed by atoms with Gasteiger partial charge in [-0.1, -0.05) is 6.07 Å². The van der Waals surface area contributed by atoms with Crippen molar-refractivity contribution < 1.29 is 14.8 Å². The van der Waals surface area contributed by atoms with E-state index in [0.717, 1.165) is 0 Å². The molecule has 8 heteroatoms. The standard InChI is InChI=1S/C13H10BrN3O4/c1-7-2-3-9(5-10(7)13(18)19)16-12-11(17(20)21)4-8(14)6-15-12/h2-6H,1H3,(H,15,16)(H,18,19). The molecular formula is C13H10BrN3O4. The van der Waals surface area contributed by atoms with Gasteiger partial charge in [0, 0.05) is 22.4 Å². The lowest BCUT2D eigenvalue weighted by Gasteiger charge is -2.08. The van der Waals surface area contributed by atoms with Crippen molar-refractivity contribution >= 4 is 39.1 Å². The molecule has 0 radical (unpaired) electrons. The molecule has 2 aromatic rings. The highest BCUT2D eigenvalue weighted by Crippen LogP contribution is 2.28. The van der Waals surface area contributed by atoms with Crippen molar-refractivity contribution in [2.24, 2.45) is 0 Å². The van der Waals surface area contributed by atoms with Crippen molar-refractivity contribution in [2.45, 2.75) is 6.92 Å². The van der Waals surface area contributed by atoms with Crippen LogP contribution in [0.25, 0.3) is 0 Å². The zero-order chi connectivity index (χ0) is 15.6. The van der Waals surface area contributed by atoms with Gasteiger partial charge >= 0.3 is 11.7 Å². The number of rotatable bonds is 4. The molecule has 0 saturated carbocycles. The number of nitrogens with one attached hydrogen (secondary N) is 1. The van der Waals surface area contributed by atoms with Crippen LogP contribution in [-0.2, 0) is 0 Å². The minimum Gasteiger partial charge on any atom is -0.478 e. The summed E-state index contributed by atoms with van der Waals surface area (Å²) >= 11 is 3.12. The van der Waals surface area contributed by atoms with Crippen molar-refractivity contribution in [3.05, 3.63) is 56.2 Å². The number of carboxylic acids is 1. The maximum Gasteiger partial charge on any atom is 0.336 e. The predicted octanol–water partition coefficient (Wildman–Crippen LogP) is 3.50. The van der Waals surface area contributed by atoms with Crippen LogP contribution in [0.4, 0.5) is 17.2 Å². The van der Waals surface area contributed by atoms with E-state index in [-0.39, 0.29) is 17.1 Å². The third kappa shape index (κ3) is 3.34. The van der Waals surface area contributed by atoms with Crippen LogP contribution in [0.5, 0.6) is 0 Å². The van der Waals surface area contributed by atoms with Gasteiger partial charge in [0.1, 0.15) is 0 Å². The third-order valence-corrected chi connectivity index (χ3v) is 3.20. The van der Waals surface area contributed by atoms with Gasteiger partial charge in [-0.3, -0.25) is 10.1 Å². The maximum atomic E-state index is 11.1. The lowest BCUT2D eigenvalue weighted by atomic mass is 10.1. The molecule has 0 unspecified atom stereocenters.